The van der Waals surface area contributed by atoms with Crippen molar-refractivity contribution in [3.05, 3.63) is 34.9 Å². The maximum absolute atomic E-state index is 12.9. The third-order valence-corrected chi connectivity index (χ3v) is 5.05. The predicted molar refractivity (Wildman–Crippen MR) is 95.2 cm³/mol. The molecule has 1 unspecified atom stereocenters. The fraction of sp³-hybridized carbons (Fsp3) is 0.556. The molecule has 1 atom stereocenters. The van der Waals surface area contributed by atoms with Crippen LogP contribution in [0.1, 0.15) is 66.3 Å². The van der Waals surface area contributed by atoms with Gasteiger partial charge in [0.15, 0.2) is 0 Å². The fourth-order valence-electron chi connectivity index (χ4n) is 3.31. The highest BCUT2D eigenvalue weighted by Gasteiger charge is 2.34. The smallest absolute Gasteiger partial charge is 0.273 e. The van der Waals surface area contributed by atoms with Gasteiger partial charge in [-0.3, -0.25) is 9.48 Å². The van der Waals surface area contributed by atoms with E-state index in [1.165, 1.54) is 0 Å². The number of hydrogen-bond acceptors (Lipinski definition) is 6. The van der Waals surface area contributed by atoms with Crippen LogP contribution >= 0.6 is 0 Å². The maximum atomic E-state index is 12.9. The van der Waals surface area contributed by atoms with Crippen LogP contribution in [-0.4, -0.2) is 42.2 Å². The van der Waals surface area contributed by atoms with Crippen LogP contribution in [0.3, 0.4) is 0 Å². The Morgan fingerprint density at radius 3 is 2.69 bits per heavy atom. The lowest BCUT2D eigenvalue weighted by Gasteiger charge is -2.27. The highest BCUT2D eigenvalue weighted by Crippen LogP contribution is 2.40. The molecular weight excluding hydrogens is 332 g/mol. The second kappa shape index (κ2) is 6.35. The minimum absolute atomic E-state index is 0.122. The van der Waals surface area contributed by atoms with Gasteiger partial charge in [0, 0.05) is 12.2 Å². The number of amides is 1. The zero-order chi connectivity index (χ0) is 18.4. The van der Waals surface area contributed by atoms with Crippen LogP contribution in [0.25, 0.3) is 0 Å². The first-order valence-corrected chi connectivity index (χ1v) is 9.11. The Hall–Kier alpha value is -2.48. The van der Waals surface area contributed by atoms with Crippen molar-refractivity contribution < 1.29 is 9.90 Å². The Morgan fingerprint density at radius 1 is 1.23 bits per heavy atom. The number of fused-ring (bicyclic) bond motifs is 1. The summed E-state index contributed by atoms with van der Waals surface area (Å²) in [5, 5.41) is 14.8. The molecule has 0 aromatic carbocycles. The topological polar surface area (TPSA) is 110 Å². The molecule has 1 aliphatic heterocycles. The molecule has 3 heterocycles. The van der Waals surface area contributed by atoms with Crippen LogP contribution in [0.5, 0.6) is 0 Å². The standard InChI is InChI=1S/C18H24N6O2/c1-10(2)13-8-15(21-18(19)20-13)17(26)23-5-6-24-12(9-23)7-14(22-24)16(25)11-3-4-11/h7-8,10-11,16,25H,3-6,9H2,1-2H3,(H2,19,20,21). The van der Waals surface area contributed by atoms with E-state index in [-0.39, 0.29) is 17.8 Å². The van der Waals surface area contributed by atoms with Gasteiger partial charge in [-0.15, -0.1) is 0 Å². The van der Waals surface area contributed by atoms with E-state index in [1.807, 2.05) is 24.6 Å². The van der Waals surface area contributed by atoms with E-state index in [0.29, 0.717) is 36.9 Å². The van der Waals surface area contributed by atoms with E-state index in [4.69, 9.17) is 5.73 Å². The van der Waals surface area contributed by atoms with Gasteiger partial charge in [-0.1, -0.05) is 13.8 Å². The van der Waals surface area contributed by atoms with Crippen LogP contribution in [0.4, 0.5) is 5.95 Å². The number of nitrogens with two attached hydrogens (primary N) is 1. The SMILES string of the molecule is CC(C)c1cc(C(=O)N2CCn3nc(C(O)C4CC4)cc3C2)nc(N)n1. The molecule has 0 spiro atoms. The molecule has 2 aromatic heterocycles. The molecule has 8 nitrogen and oxygen atoms in total. The van der Waals surface area contributed by atoms with E-state index in [0.717, 1.165) is 24.2 Å². The minimum atomic E-state index is -0.493. The number of aliphatic hydroxyl groups excluding tert-OH is 1. The third kappa shape index (κ3) is 3.16. The highest BCUT2D eigenvalue weighted by atomic mass is 16.3. The minimum Gasteiger partial charge on any atom is -0.386 e. The molecule has 1 amide bonds. The fourth-order valence-corrected chi connectivity index (χ4v) is 3.31. The first-order valence-electron chi connectivity index (χ1n) is 9.11. The zero-order valence-corrected chi connectivity index (χ0v) is 15.1. The van der Waals surface area contributed by atoms with Gasteiger partial charge in [-0.05, 0) is 36.8 Å². The first kappa shape index (κ1) is 17.0. The maximum Gasteiger partial charge on any atom is 0.273 e. The Labute approximate surface area is 152 Å². The van der Waals surface area contributed by atoms with Gasteiger partial charge in [0.2, 0.25) is 5.95 Å². The summed E-state index contributed by atoms with van der Waals surface area (Å²) in [6.45, 7) is 5.61. The molecule has 8 heteroatoms. The van der Waals surface area contributed by atoms with Crippen molar-refractivity contribution in [3.8, 4) is 0 Å². The number of aromatic nitrogens is 4. The van der Waals surface area contributed by atoms with Crippen LogP contribution in [-0.2, 0) is 13.1 Å². The Bertz CT molecular complexity index is 842. The van der Waals surface area contributed by atoms with Crippen molar-refractivity contribution >= 4 is 11.9 Å². The summed E-state index contributed by atoms with van der Waals surface area (Å²) in [7, 11) is 0. The normalized spacial score (nSPS) is 18.1. The van der Waals surface area contributed by atoms with Crippen molar-refractivity contribution in [1.29, 1.82) is 0 Å². The second-order valence-electron chi connectivity index (χ2n) is 7.48. The number of aliphatic hydroxyl groups is 1. The number of nitrogens with zero attached hydrogens (tertiary/aromatic N) is 5. The summed E-state index contributed by atoms with van der Waals surface area (Å²) in [6, 6.07) is 3.63. The number of nitrogen functional groups attached to an aromatic ring is 1. The molecule has 138 valence electrons. The van der Waals surface area contributed by atoms with Crippen LogP contribution in [0, 0.1) is 5.92 Å². The molecule has 2 aromatic rings. The molecule has 1 fully saturated rings. The summed E-state index contributed by atoms with van der Waals surface area (Å²) in [4.78, 5) is 23.0. The molecule has 0 bridgehead atoms. The molecule has 2 aliphatic rings. The molecule has 4 rings (SSSR count). The summed E-state index contributed by atoms with van der Waals surface area (Å²) in [6.07, 6.45) is 1.62. The summed E-state index contributed by atoms with van der Waals surface area (Å²) < 4.78 is 1.89. The third-order valence-electron chi connectivity index (χ3n) is 5.05. The molecule has 3 N–H and O–H groups in total. The average Bonchev–Trinajstić information content (AvgIpc) is 3.38. The Kier molecular flexibility index (Phi) is 4.14. The Morgan fingerprint density at radius 2 is 2.00 bits per heavy atom. The molecular formula is C18H24N6O2. The molecule has 0 radical (unpaired) electrons. The van der Waals surface area contributed by atoms with Crippen molar-refractivity contribution in [1.82, 2.24) is 24.6 Å². The van der Waals surface area contributed by atoms with Gasteiger partial charge >= 0.3 is 0 Å². The van der Waals surface area contributed by atoms with Crippen LogP contribution < -0.4 is 5.73 Å². The highest BCUT2D eigenvalue weighted by molar-refractivity contribution is 5.92. The quantitative estimate of drug-likeness (QED) is 0.858. The molecule has 1 saturated carbocycles. The van der Waals surface area contributed by atoms with E-state index in [2.05, 4.69) is 15.1 Å². The van der Waals surface area contributed by atoms with E-state index < -0.39 is 6.10 Å². The number of anilines is 1. The van der Waals surface area contributed by atoms with Crippen molar-refractivity contribution in [2.45, 2.75) is 51.8 Å². The van der Waals surface area contributed by atoms with Crippen LogP contribution in [0.15, 0.2) is 12.1 Å². The lowest BCUT2D eigenvalue weighted by molar-refractivity contribution is 0.0699. The monoisotopic (exact) mass is 356 g/mol. The Balaban J connectivity index is 1.54. The lowest BCUT2D eigenvalue weighted by atomic mass is 10.1. The van der Waals surface area contributed by atoms with E-state index >= 15 is 0 Å². The van der Waals surface area contributed by atoms with Crippen molar-refractivity contribution in [3.63, 3.8) is 0 Å². The average molecular weight is 356 g/mol. The zero-order valence-electron chi connectivity index (χ0n) is 15.1. The summed E-state index contributed by atoms with van der Waals surface area (Å²) >= 11 is 0. The number of carbonyl (C=O) groups is 1. The summed E-state index contributed by atoms with van der Waals surface area (Å²) in [5.74, 6) is 0.471. The van der Waals surface area contributed by atoms with Gasteiger partial charge in [-0.2, -0.15) is 5.10 Å². The van der Waals surface area contributed by atoms with Gasteiger partial charge < -0.3 is 15.7 Å². The molecule has 26 heavy (non-hydrogen) atoms. The van der Waals surface area contributed by atoms with Crippen molar-refractivity contribution in [2.24, 2.45) is 5.92 Å². The number of carbonyl (C=O) groups excluding carboxylic acids is 1. The molecule has 0 saturated heterocycles. The van der Waals surface area contributed by atoms with Gasteiger partial charge in [0.25, 0.3) is 5.91 Å². The predicted octanol–water partition coefficient (Wildman–Crippen LogP) is 1.48. The van der Waals surface area contributed by atoms with Gasteiger partial charge in [0.1, 0.15) is 11.8 Å². The van der Waals surface area contributed by atoms with E-state index in [9.17, 15) is 9.90 Å². The molecule has 1 aliphatic carbocycles. The van der Waals surface area contributed by atoms with Gasteiger partial charge in [0.05, 0.1) is 24.5 Å². The number of hydrogen-bond donors (Lipinski definition) is 2. The first-order chi connectivity index (χ1) is 12.4. The van der Waals surface area contributed by atoms with Gasteiger partial charge in [-0.25, -0.2) is 9.97 Å². The van der Waals surface area contributed by atoms with Crippen LogP contribution in [0.2, 0.25) is 0 Å². The van der Waals surface area contributed by atoms with Crippen molar-refractivity contribution in [2.75, 3.05) is 12.3 Å². The summed E-state index contributed by atoms with van der Waals surface area (Å²) in [5.41, 5.74) is 8.51. The second-order valence-corrected chi connectivity index (χ2v) is 7.48. The number of rotatable bonds is 4. The largest absolute Gasteiger partial charge is 0.386 e. The lowest BCUT2D eigenvalue weighted by Crippen LogP contribution is -2.39. The van der Waals surface area contributed by atoms with E-state index in [1.54, 1.807) is 11.0 Å².